The number of hydrogen-bond acceptors (Lipinski definition) is 3. The van der Waals surface area contributed by atoms with Crippen LogP contribution >= 0.6 is 11.6 Å². The van der Waals surface area contributed by atoms with Gasteiger partial charge < -0.3 is 4.74 Å². The Labute approximate surface area is 152 Å². The van der Waals surface area contributed by atoms with Crippen molar-refractivity contribution < 1.29 is 14.3 Å². The Hall–Kier alpha value is -2.39. The van der Waals surface area contributed by atoms with Gasteiger partial charge in [-0.3, -0.25) is 4.79 Å². The largest absolute Gasteiger partial charge is 0.463 e. The van der Waals surface area contributed by atoms with E-state index in [1.165, 1.54) is 0 Å². The number of carbonyl (C=O) groups excluding carboxylic acids is 2. The Morgan fingerprint density at radius 2 is 1.76 bits per heavy atom. The van der Waals surface area contributed by atoms with Crippen molar-refractivity contribution in [3.63, 3.8) is 0 Å². The summed E-state index contributed by atoms with van der Waals surface area (Å²) in [4.78, 5) is 25.5. The summed E-state index contributed by atoms with van der Waals surface area (Å²) in [6, 6.07) is 16.6. The van der Waals surface area contributed by atoms with E-state index in [-0.39, 0.29) is 18.3 Å². The average molecular weight is 355 g/mol. The third kappa shape index (κ3) is 3.67. The van der Waals surface area contributed by atoms with Crippen LogP contribution in [0.1, 0.15) is 35.2 Å². The van der Waals surface area contributed by atoms with Crippen LogP contribution < -0.4 is 0 Å². The van der Waals surface area contributed by atoms with Crippen molar-refractivity contribution in [2.75, 3.05) is 6.61 Å². The number of ketones is 1. The van der Waals surface area contributed by atoms with E-state index in [1.807, 2.05) is 36.4 Å². The first-order valence-electron chi connectivity index (χ1n) is 8.33. The van der Waals surface area contributed by atoms with E-state index < -0.39 is 11.9 Å². The number of benzene rings is 2. The van der Waals surface area contributed by atoms with Crippen molar-refractivity contribution in [3.05, 3.63) is 82.4 Å². The van der Waals surface area contributed by atoms with E-state index in [0.29, 0.717) is 22.6 Å². The molecule has 0 bridgehead atoms. The van der Waals surface area contributed by atoms with Crippen LogP contribution in [-0.2, 0) is 9.53 Å². The number of esters is 1. The number of halogens is 1. The van der Waals surface area contributed by atoms with E-state index in [9.17, 15) is 9.59 Å². The molecule has 3 rings (SSSR count). The molecule has 0 saturated carbocycles. The molecule has 0 N–H and O–H groups in total. The summed E-state index contributed by atoms with van der Waals surface area (Å²) >= 11 is 5.92. The van der Waals surface area contributed by atoms with E-state index in [2.05, 4.69) is 0 Å². The van der Waals surface area contributed by atoms with Crippen LogP contribution in [-0.4, -0.2) is 18.4 Å². The lowest BCUT2D eigenvalue weighted by atomic mass is 9.80. The van der Waals surface area contributed by atoms with Gasteiger partial charge in [-0.15, -0.1) is 0 Å². The van der Waals surface area contributed by atoms with Crippen LogP contribution in [0, 0.1) is 5.92 Å². The lowest BCUT2D eigenvalue weighted by Crippen LogP contribution is -2.25. The molecule has 0 aromatic heterocycles. The molecular weight excluding hydrogens is 336 g/mol. The maximum atomic E-state index is 13.2. The fraction of sp³-hybridized carbons (Fsp3) is 0.238. The Morgan fingerprint density at radius 1 is 1.08 bits per heavy atom. The minimum atomic E-state index is -0.539. The second kappa shape index (κ2) is 7.66. The molecule has 4 heteroatoms. The molecule has 0 amide bonds. The predicted octanol–water partition coefficient (Wildman–Crippen LogP) is 4.82. The molecular formula is C21H19ClO3. The van der Waals surface area contributed by atoms with Gasteiger partial charge in [0, 0.05) is 22.1 Å². The van der Waals surface area contributed by atoms with Gasteiger partial charge in [-0.05, 0) is 43.2 Å². The minimum Gasteiger partial charge on any atom is -0.463 e. The Morgan fingerprint density at radius 3 is 2.40 bits per heavy atom. The predicted molar refractivity (Wildman–Crippen MR) is 97.8 cm³/mol. The molecule has 128 valence electrons. The lowest BCUT2D eigenvalue weighted by Gasteiger charge is -2.22. The van der Waals surface area contributed by atoms with Crippen LogP contribution in [0.4, 0.5) is 0 Å². The topological polar surface area (TPSA) is 43.4 Å². The highest BCUT2D eigenvalue weighted by Gasteiger charge is 2.40. The van der Waals surface area contributed by atoms with Gasteiger partial charge in [-0.25, -0.2) is 4.79 Å². The molecule has 2 aromatic rings. The van der Waals surface area contributed by atoms with Gasteiger partial charge >= 0.3 is 5.97 Å². The maximum absolute atomic E-state index is 13.2. The molecule has 1 aliphatic carbocycles. The third-order valence-corrected chi connectivity index (χ3v) is 4.73. The average Bonchev–Trinajstić information content (AvgIpc) is 3.08. The van der Waals surface area contributed by atoms with Gasteiger partial charge in [0.05, 0.1) is 12.5 Å². The number of rotatable bonds is 5. The fourth-order valence-electron chi connectivity index (χ4n) is 3.30. The molecule has 25 heavy (non-hydrogen) atoms. The van der Waals surface area contributed by atoms with Crippen LogP contribution in [0.15, 0.2) is 66.2 Å². The van der Waals surface area contributed by atoms with Crippen molar-refractivity contribution in [1.29, 1.82) is 0 Å². The van der Waals surface area contributed by atoms with E-state index in [4.69, 9.17) is 16.3 Å². The molecule has 0 spiro atoms. The van der Waals surface area contributed by atoms with Crippen molar-refractivity contribution >= 4 is 23.4 Å². The smallest absolute Gasteiger partial charge is 0.334 e. The zero-order valence-corrected chi connectivity index (χ0v) is 14.7. The van der Waals surface area contributed by atoms with Gasteiger partial charge in [0.25, 0.3) is 0 Å². The molecule has 0 heterocycles. The van der Waals surface area contributed by atoms with Crippen LogP contribution in [0.2, 0.25) is 5.02 Å². The highest BCUT2D eigenvalue weighted by molar-refractivity contribution is 6.30. The number of hydrogen-bond donors (Lipinski definition) is 0. The summed E-state index contributed by atoms with van der Waals surface area (Å²) in [5, 5.41) is 0.573. The number of ether oxygens (including phenoxy) is 1. The maximum Gasteiger partial charge on any atom is 0.334 e. The number of allylic oxidation sites excluding steroid dienone is 1. The highest BCUT2D eigenvalue weighted by Crippen LogP contribution is 2.42. The van der Waals surface area contributed by atoms with Gasteiger partial charge in [0.15, 0.2) is 5.78 Å². The van der Waals surface area contributed by atoms with Gasteiger partial charge in [0.2, 0.25) is 0 Å². The number of Topliss-reactive ketones (excluding diaryl/α,β-unsaturated/α-hetero) is 1. The minimum absolute atomic E-state index is 0.0659. The lowest BCUT2D eigenvalue weighted by molar-refractivity contribution is -0.138. The van der Waals surface area contributed by atoms with Crippen molar-refractivity contribution in [2.45, 2.75) is 19.3 Å². The van der Waals surface area contributed by atoms with Gasteiger partial charge in [-0.2, -0.15) is 0 Å². The molecule has 3 nitrogen and oxygen atoms in total. The monoisotopic (exact) mass is 354 g/mol. The molecule has 1 aliphatic rings. The van der Waals surface area contributed by atoms with Crippen LogP contribution in [0.25, 0.3) is 0 Å². The normalized spacial score (nSPS) is 19.4. The zero-order chi connectivity index (χ0) is 17.8. The van der Waals surface area contributed by atoms with Crippen LogP contribution in [0.3, 0.4) is 0 Å². The Balaban J connectivity index is 1.97. The van der Waals surface area contributed by atoms with Crippen molar-refractivity contribution in [2.24, 2.45) is 5.92 Å². The van der Waals surface area contributed by atoms with Crippen molar-refractivity contribution in [1.82, 2.24) is 0 Å². The second-order valence-corrected chi connectivity index (χ2v) is 6.42. The molecule has 0 fully saturated rings. The van der Waals surface area contributed by atoms with Gasteiger partial charge in [0.1, 0.15) is 0 Å². The second-order valence-electron chi connectivity index (χ2n) is 5.98. The quantitative estimate of drug-likeness (QED) is 0.571. The SMILES string of the molecule is CCOC(=O)C1=CC[C@@H](c2ccccc2)[C@@H]1C(=O)c1ccc(Cl)cc1. The summed E-state index contributed by atoms with van der Waals surface area (Å²) in [6.07, 6.45) is 2.48. The molecule has 0 aliphatic heterocycles. The summed E-state index contributed by atoms with van der Waals surface area (Å²) in [6.45, 7) is 2.05. The first-order valence-corrected chi connectivity index (χ1v) is 8.71. The Kier molecular flexibility index (Phi) is 5.34. The first kappa shape index (κ1) is 17.4. The van der Waals surface area contributed by atoms with Crippen LogP contribution in [0.5, 0.6) is 0 Å². The van der Waals surface area contributed by atoms with E-state index in [1.54, 1.807) is 31.2 Å². The van der Waals surface area contributed by atoms with Crippen molar-refractivity contribution in [3.8, 4) is 0 Å². The summed E-state index contributed by atoms with van der Waals surface area (Å²) in [5.74, 6) is -1.10. The standard InChI is InChI=1S/C21H19ClO3/c1-2-25-21(24)18-13-12-17(14-6-4-3-5-7-14)19(18)20(23)15-8-10-16(22)11-9-15/h3-11,13,17,19H,2,12H2,1H3/t17-,19-/m0/s1. The molecule has 0 unspecified atom stereocenters. The fourth-order valence-corrected chi connectivity index (χ4v) is 3.43. The zero-order valence-electron chi connectivity index (χ0n) is 13.9. The molecule has 2 atom stereocenters. The molecule has 2 aromatic carbocycles. The summed E-state index contributed by atoms with van der Waals surface area (Å²) in [7, 11) is 0. The molecule has 0 saturated heterocycles. The third-order valence-electron chi connectivity index (χ3n) is 4.48. The van der Waals surface area contributed by atoms with E-state index in [0.717, 1.165) is 5.56 Å². The summed E-state index contributed by atoms with van der Waals surface area (Å²) in [5.41, 5.74) is 2.05. The number of carbonyl (C=O) groups is 2. The highest BCUT2D eigenvalue weighted by atomic mass is 35.5. The molecule has 0 radical (unpaired) electrons. The summed E-state index contributed by atoms with van der Waals surface area (Å²) < 4.78 is 5.16. The van der Waals surface area contributed by atoms with E-state index >= 15 is 0 Å². The van der Waals surface area contributed by atoms with Gasteiger partial charge in [-0.1, -0.05) is 48.0 Å². The Bertz CT molecular complexity index is 794. The first-order chi connectivity index (χ1) is 12.1.